The number of carbonyl (C=O) groups is 1. The number of nitrogens with one attached hydrogen (secondary N) is 2. The molecule has 0 bridgehead atoms. The third-order valence-corrected chi connectivity index (χ3v) is 3.97. The summed E-state index contributed by atoms with van der Waals surface area (Å²) < 4.78 is 0. The minimum Gasteiger partial charge on any atom is -0.345 e. The molecule has 1 aliphatic carbocycles. The summed E-state index contributed by atoms with van der Waals surface area (Å²) in [6.45, 7) is 1.79. The first-order valence-electron chi connectivity index (χ1n) is 7.24. The van der Waals surface area contributed by atoms with Crippen molar-refractivity contribution in [3.05, 3.63) is 69.1 Å². The van der Waals surface area contributed by atoms with E-state index >= 15 is 0 Å². The Labute approximate surface area is 123 Å². The van der Waals surface area contributed by atoms with Gasteiger partial charge in [0.2, 0.25) is 0 Å². The van der Waals surface area contributed by atoms with Crippen LogP contribution in [0.25, 0.3) is 0 Å². The van der Waals surface area contributed by atoms with Gasteiger partial charge in [-0.1, -0.05) is 24.3 Å². The summed E-state index contributed by atoms with van der Waals surface area (Å²) in [7, 11) is 0. The van der Waals surface area contributed by atoms with Crippen LogP contribution < -0.4 is 10.9 Å². The number of fused-ring (bicyclic) bond motifs is 1. The van der Waals surface area contributed by atoms with Crippen LogP contribution in [0.4, 0.5) is 0 Å². The maximum Gasteiger partial charge on any atom is 0.260 e. The van der Waals surface area contributed by atoms with Crippen molar-refractivity contribution in [3.8, 4) is 0 Å². The van der Waals surface area contributed by atoms with Crippen LogP contribution in [0.15, 0.2) is 41.2 Å². The lowest BCUT2D eigenvalue weighted by Gasteiger charge is -2.26. The van der Waals surface area contributed by atoms with E-state index in [4.69, 9.17) is 0 Å². The number of hydrogen-bond acceptors (Lipinski definition) is 2. The Morgan fingerprint density at radius 1 is 1.24 bits per heavy atom. The van der Waals surface area contributed by atoms with Gasteiger partial charge in [0, 0.05) is 5.69 Å². The van der Waals surface area contributed by atoms with Crippen molar-refractivity contribution in [2.24, 2.45) is 0 Å². The summed E-state index contributed by atoms with van der Waals surface area (Å²) in [6.07, 6.45) is 3.01. The molecule has 1 amide bonds. The molecule has 4 nitrogen and oxygen atoms in total. The minimum atomic E-state index is -0.336. The molecule has 2 aromatic rings. The summed E-state index contributed by atoms with van der Waals surface area (Å²) in [4.78, 5) is 26.8. The van der Waals surface area contributed by atoms with Crippen LogP contribution in [0.5, 0.6) is 0 Å². The lowest BCUT2D eigenvalue weighted by atomic mass is 9.87. The van der Waals surface area contributed by atoms with Gasteiger partial charge in [-0.2, -0.15) is 0 Å². The number of amides is 1. The topological polar surface area (TPSA) is 62.0 Å². The Morgan fingerprint density at radius 3 is 2.86 bits per heavy atom. The van der Waals surface area contributed by atoms with Gasteiger partial charge in [0.1, 0.15) is 5.56 Å². The fourth-order valence-corrected chi connectivity index (χ4v) is 2.89. The van der Waals surface area contributed by atoms with Crippen molar-refractivity contribution >= 4 is 5.91 Å². The third kappa shape index (κ3) is 2.75. The third-order valence-electron chi connectivity index (χ3n) is 3.97. The van der Waals surface area contributed by atoms with Crippen molar-refractivity contribution in [1.82, 2.24) is 10.3 Å². The van der Waals surface area contributed by atoms with Crippen molar-refractivity contribution in [3.63, 3.8) is 0 Å². The summed E-state index contributed by atoms with van der Waals surface area (Å²) in [6, 6.07) is 11.5. The van der Waals surface area contributed by atoms with E-state index in [0.29, 0.717) is 0 Å². The fourth-order valence-electron chi connectivity index (χ4n) is 2.89. The van der Waals surface area contributed by atoms with Crippen LogP contribution in [0.1, 0.15) is 46.1 Å². The van der Waals surface area contributed by atoms with Crippen LogP contribution in [0, 0.1) is 6.92 Å². The molecule has 0 aliphatic heterocycles. The second-order valence-corrected chi connectivity index (χ2v) is 5.50. The standard InChI is InChI=1S/C17H18N2O2/c1-11-9-10-14(16(20)18-11)17(21)19-15-8-4-6-12-5-2-3-7-13(12)15/h2-3,5,7,9-10,15H,4,6,8H2,1H3,(H,18,20)(H,19,21)/t15-/m1/s1. The highest BCUT2D eigenvalue weighted by molar-refractivity contribution is 5.94. The maximum atomic E-state index is 12.3. The largest absolute Gasteiger partial charge is 0.345 e. The van der Waals surface area contributed by atoms with Crippen molar-refractivity contribution in [2.45, 2.75) is 32.2 Å². The molecule has 1 aliphatic rings. The Kier molecular flexibility index (Phi) is 3.60. The second kappa shape index (κ2) is 5.56. The highest BCUT2D eigenvalue weighted by atomic mass is 16.2. The van der Waals surface area contributed by atoms with Crippen molar-refractivity contribution < 1.29 is 4.79 Å². The molecule has 108 valence electrons. The quantitative estimate of drug-likeness (QED) is 0.889. The molecule has 1 aromatic carbocycles. The Bertz CT molecular complexity index is 734. The van der Waals surface area contributed by atoms with Crippen molar-refractivity contribution in [2.75, 3.05) is 0 Å². The molecule has 1 heterocycles. The lowest BCUT2D eigenvalue weighted by molar-refractivity contribution is 0.0931. The van der Waals surface area contributed by atoms with Crippen LogP contribution in [-0.2, 0) is 6.42 Å². The first-order chi connectivity index (χ1) is 10.1. The number of carbonyl (C=O) groups excluding carboxylic acids is 1. The molecule has 2 N–H and O–H groups in total. The van der Waals surface area contributed by atoms with Gasteiger partial charge in [0.15, 0.2) is 0 Å². The number of pyridine rings is 1. The number of aromatic nitrogens is 1. The molecule has 0 radical (unpaired) electrons. The SMILES string of the molecule is Cc1ccc(C(=O)N[C@@H]2CCCc3ccccc32)c(=O)[nH]1. The monoisotopic (exact) mass is 282 g/mol. The fraction of sp³-hybridized carbons (Fsp3) is 0.294. The second-order valence-electron chi connectivity index (χ2n) is 5.50. The zero-order chi connectivity index (χ0) is 14.8. The van der Waals surface area contributed by atoms with Gasteiger partial charge in [0.05, 0.1) is 6.04 Å². The van der Waals surface area contributed by atoms with Gasteiger partial charge in [-0.15, -0.1) is 0 Å². The Balaban J connectivity index is 1.84. The van der Waals surface area contributed by atoms with Crippen LogP contribution in [0.3, 0.4) is 0 Å². The van der Waals surface area contributed by atoms with E-state index < -0.39 is 0 Å². The van der Waals surface area contributed by atoms with E-state index in [-0.39, 0.29) is 23.1 Å². The molecule has 4 heteroatoms. The van der Waals surface area contributed by atoms with Crippen LogP contribution >= 0.6 is 0 Å². The van der Waals surface area contributed by atoms with Gasteiger partial charge in [-0.25, -0.2) is 0 Å². The minimum absolute atomic E-state index is 0.0110. The molecule has 0 unspecified atom stereocenters. The average molecular weight is 282 g/mol. The van der Waals surface area contributed by atoms with E-state index in [2.05, 4.69) is 22.4 Å². The van der Waals surface area contributed by atoms with Crippen LogP contribution in [0.2, 0.25) is 0 Å². The number of hydrogen-bond donors (Lipinski definition) is 2. The molecular weight excluding hydrogens is 264 g/mol. The predicted octanol–water partition coefficient (Wildman–Crippen LogP) is 2.49. The molecule has 3 rings (SSSR count). The van der Waals surface area contributed by atoms with Gasteiger partial charge in [-0.3, -0.25) is 9.59 Å². The number of benzene rings is 1. The molecule has 0 fully saturated rings. The number of aromatic amines is 1. The normalized spacial score (nSPS) is 17.1. The van der Waals surface area contributed by atoms with Crippen molar-refractivity contribution in [1.29, 1.82) is 0 Å². The summed E-state index contributed by atoms with van der Waals surface area (Å²) in [5.74, 6) is -0.307. The summed E-state index contributed by atoms with van der Waals surface area (Å²) >= 11 is 0. The molecule has 0 saturated carbocycles. The van der Waals surface area contributed by atoms with E-state index in [1.807, 2.05) is 12.1 Å². The number of rotatable bonds is 2. The maximum absolute atomic E-state index is 12.3. The molecule has 1 aromatic heterocycles. The Morgan fingerprint density at radius 2 is 2.05 bits per heavy atom. The summed E-state index contributed by atoms with van der Waals surface area (Å²) in [5, 5.41) is 2.99. The summed E-state index contributed by atoms with van der Waals surface area (Å²) in [5.41, 5.74) is 3.03. The van der Waals surface area contributed by atoms with Gasteiger partial charge >= 0.3 is 0 Å². The molecule has 1 atom stereocenters. The lowest BCUT2D eigenvalue weighted by Crippen LogP contribution is -2.34. The Hall–Kier alpha value is -2.36. The highest BCUT2D eigenvalue weighted by Gasteiger charge is 2.22. The van der Waals surface area contributed by atoms with Crippen LogP contribution in [-0.4, -0.2) is 10.9 Å². The van der Waals surface area contributed by atoms with E-state index in [9.17, 15) is 9.59 Å². The predicted molar refractivity (Wildman–Crippen MR) is 81.4 cm³/mol. The van der Waals surface area contributed by atoms with Gasteiger partial charge in [-0.05, 0) is 49.4 Å². The average Bonchev–Trinajstić information content (AvgIpc) is 2.47. The smallest absolute Gasteiger partial charge is 0.260 e. The first-order valence-corrected chi connectivity index (χ1v) is 7.24. The molecule has 0 spiro atoms. The number of H-pyrrole nitrogens is 1. The number of aryl methyl sites for hydroxylation is 2. The van der Waals surface area contributed by atoms with Gasteiger partial charge < -0.3 is 10.3 Å². The van der Waals surface area contributed by atoms with Gasteiger partial charge in [0.25, 0.3) is 11.5 Å². The van der Waals surface area contributed by atoms with E-state index in [1.54, 1.807) is 19.1 Å². The van der Waals surface area contributed by atoms with E-state index in [0.717, 1.165) is 25.0 Å². The highest BCUT2D eigenvalue weighted by Crippen LogP contribution is 2.29. The molecule has 0 saturated heterocycles. The zero-order valence-electron chi connectivity index (χ0n) is 12.0. The van der Waals surface area contributed by atoms with E-state index in [1.165, 1.54) is 11.1 Å². The molecule has 21 heavy (non-hydrogen) atoms. The first kappa shape index (κ1) is 13.6. The zero-order valence-corrected chi connectivity index (χ0v) is 12.0. The molecular formula is C17H18N2O2.